The minimum Gasteiger partial charge on any atom is -0.348 e. The van der Waals surface area contributed by atoms with Crippen LogP contribution in [0.2, 0.25) is 0 Å². The summed E-state index contributed by atoms with van der Waals surface area (Å²) in [6, 6.07) is 0. The van der Waals surface area contributed by atoms with Crippen molar-refractivity contribution in [1.29, 1.82) is 0 Å². The van der Waals surface area contributed by atoms with Gasteiger partial charge in [-0.25, -0.2) is 4.98 Å². The largest absolute Gasteiger partial charge is 0.348 e. The third-order valence-corrected chi connectivity index (χ3v) is 3.07. The number of halogens is 2. The van der Waals surface area contributed by atoms with Gasteiger partial charge in [-0.2, -0.15) is 0 Å². The molecule has 1 aromatic heterocycles. The molecule has 94 valence electrons. The third-order valence-electron chi connectivity index (χ3n) is 3.07. The van der Waals surface area contributed by atoms with E-state index < -0.39 is 0 Å². The highest BCUT2D eigenvalue weighted by Gasteiger charge is 2.12. The summed E-state index contributed by atoms with van der Waals surface area (Å²) in [6.07, 6.45) is 10.3. The molecule has 0 bridgehead atoms. The standard InChI is InChI=1S/C11H19N3.2BrH/c1(3-11-8-13-9-14-11)2-10-4-6-12-7-5-10;;/h8-10,12H,1-7H2,(H,13,14);2*1H. The summed E-state index contributed by atoms with van der Waals surface area (Å²) >= 11 is 0. The molecule has 0 unspecified atom stereocenters. The van der Waals surface area contributed by atoms with Gasteiger partial charge < -0.3 is 10.3 Å². The summed E-state index contributed by atoms with van der Waals surface area (Å²) < 4.78 is 0. The van der Waals surface area contributed by atoms with Crippen molar-refractivity contribution in [1.82, 2.24) is 15.3 Å². The van der Waals surface area contributed by atoms with Crippen molar-refractivity contribution in [2.24, 2.45) is 5.92 Å². The molecule has 0 aliphatic carbocycles. The molecule has 1 aromatic rings. The fourth-order valence-corrected chi connectivity index (χ4v) is 2.17. The first-order chi connectivity index (χ1) is 6.95. The Labute approximate surface area is 118 Å². The molecule has 0 radical (unpaired) electrons. The molecule has 0 atom stereocenters. The molecule has 0 saturated carbocycles. The summed E-state index contributed by atoms with van der Waals surface area (Å²) in [5, 5.41) is 3.40. The van der Waals surface area contributed by atoms with Gasteiger partial charge in [0.05, 0.1) is 6.33 Å². The van der Waals surface area contributed by atoms with Crippen LogP contribution in [0.4, 0.5) is 0 Å². The minimum atomic E-state index is 0. The number of aryl methyl sites for hydroxylation is 1. The first-order valence-electron chi connectivity index (χ1n) is 5.63. The number of aromatic amines is 1. The number of nitrogens with one attached hydrogen (secondary N) is 2. The molecule has 1 saturated heterocycles. The molecule has 2 heterocycles. The smallest absolute Gasteiger partial charge is 0.0921 e. The van der Waals surface area contributed by atoms with Gasteiger partial charge in [-0.15, -0.1) is 34.0 Å². The van der Waals surface area contributed by atoms with Gasteiger partial charge in [0, 0.05) is 11.9 Å². The molecule has 2 rings (SSSR count). The Morgan fingerprint density at radius 2 is 2.00 bits per heavy atom. The Bertz CT molecular complexity index is 246. The van der Waals surface area contributed by atoms with Gasteiger partial charge in [0.15, 0.2) is 0 Å². The van der Waals surface area contributed by atoms with E-state index in [1.54, 1.807) is 6.33 Å². The fourth-order valence-electron chi connectivity index (χ4n) is 2.17. The van der Waals surface area contributed by atoms with Crippen LogP contribution in [0.15, 0.2) is 12.5 Å². The van der Waals surface area contributed by atoms with Crippen LogP contribution in [-0.2, 0) is 6.42 Å². The van der Waals surface area contributed by atoms with E-state index in [2.05, 4.69) is 15.3 Å². The molecule has 16 heavy (non-hydrogen) atoms. The molecule has 1 aliphatic heterocycles. The van der Waals surface area contributed by atoms with Crippen molar-refractivity contribution >= 4 is 34.0 Å². The highest BCUT2D eigenvalue weighted by molar-refractivity contribution is 8.93. The normalized spacial score (nSPS) is 16.2. The Balaban J connectivity index is 0.00000112. The van der Waals surface area contributed by atoms with Crippen LogP contribution < -0.4 is 5.32 Å². The zero-order valence-corrected chi connectivity index (χ0v) is 12.9. The SMILES string of the molecule is Br.Br.c1ncc(CCCC2CCNCC2)[nH]1. The summed E-state index contributed by atoms with van der Waals surface area (Å²) in [4.78, 5) is 7.17. The number of imidazole rings is 1. The molecule has 3 nitrogen and oxygen atoms in total. The highest BCUT2D eigenvalue weighted by atomic mass is 79.9. The van der Waals surface area contributed by atoms with Crippen LogP contribution in [0.3, 0.4) is 0 Å². The minimum absolute atomic E-state index is 0. The van der Waals surface area contributed by atoms with E-state index in [0.29, 0.717) is 0 Å². The van der Waals surface area contributed by atoms with Crippen molar-refractivity contribution < 1.29 is 0 Å². The van der Waals surface area contributed by atoms with E-state index in [1.165, 1.54) is 44.5 Å². The third kappa shape index (κ3) is 5.46. The monoisotopic (exact) mass is 353 g/mol. The number of hydrogen-bond acceptors (Lipinski definition) is 2. The molecule has 0 aromatic carbocycles. The number of nitrogens with zero attached hydrogens (tertiary/aromatic N) is 1. The van der Waals surface area contributed by atoms with Crippen molar-refractivity contribution in [3.8, 4) is 0 Å². The summed E-state index contributed by atoms with van der Waals surface area (Å²) in [5.74, 6) is 0.958. The molecule has 2 N–H and O–H groups in total. The zero-order chi connectivity index (χ0) is 9.64. The second kappa shape index (κ2) is 9.19. The number of H-pyrrole nitrogens is 1. The second-order valence-electron chi connectivity index (χ2n) is 4.16. The van der Waals surface area contributed by atoms with Crippen molar-refractivity contribution in [2.45, 2.75) is 32.1 Å². The lowest BCUT2D eigenvalue weighted by molar-refractivity contribution is 0.347. The number of aromatic nitrogens is 2. The van der Waals surface area contributed by atoms with Crippen molar-refractivity contribution in [3.63, 3.8) is 0 Å². The molecule has 0 spiro atoms. The van der Waals surface area contributed by atoms with E-state index in [-0.39, 0.29) is 34.0 Å². The Morgan fingerprint density at radius 1 is 1.25 bits per heavy atom. The van der Waals surface area contributed by atoms with E-state index in [1.807, 2.05) is 6.20 Å². The Morgan fingerprint density at radius 3 is 2.62 bits per heavy atom. The maximum atomic E-state index is 4.02. The van der Waals surface area contributed by atoms with Crippen molar-refractivity contribution in [3.05, 3.63) is 18.2 Å². The van der Waals surface area contributed by atoms with Gasteiger partial charge in [-0.1, -0.05) is 0 Å². The van der Waals surface area contributed by atoms with Crippen LogP contribution in [0.25, 0.3) is 0 Å². The summed E-state index contributed by atoms with van der Waals surface area (Å²) in [7, 11) is 0. The lowest BCUT2D eigenvalue weighted by Crippen LogP contribution is -2.27. The average Bonchev–Trinajstić information content (AvgIpc) is 2.72. The molecule has 5 heteroatoms. The first-order valence-corrected chi connectivity index (χ1v) is 5.63. The van der Waals surface area contributed by atoms with E-state index in [4.69, 9.17) is 0 Å². The van der Waals surface area contributed by atoms with Crippen LogP contribution in [0.5, 0.6) is 0 Å². The number of piperidine rings is 1. The van der Waals surface area contributed by atoms with Crippen LogP contribution in [0.1, 0.15) is 31.4 Å². The van der Waals surface area contributed by atoms with Gasteiger partial charge in [0.1, 0.15) is 0 Å². The topological polar surface area (TPSA) is 40.7 Å². The van der Waals surface area contributed by atoms with Gasteiger partial charge in [-0.05, 0) is 51.1 Å². The van der Waals surface area contributed by atoms with E-state index in [0.717, 1.165) is 12.3 Å². The lowest BCUT2D eigenvalue weighted by atomic mass is 9.92. The van der Waals surface area contributed by atoms with Gasteiger partial charge >= 0.3 is 0 Å². The van der Waals surface area contributed by atoms with Crippen molar-refractivity contribution in [2.75, 3.05) is 13.1 Å². The molecular weight excluding hydrogens is 334 g/mol. The zero-order valence-electron chi connectivity index (χ0n) is 9.45. The van der Waals surface area contributed by atoms with Crippen LogP contribution >= 0.6 is 34.0 Å². The summed E-state index contributed by atoms with van der Waals surface area (Å²) in [5.41, 5.74) is 1.28. The lowest BCUT2D eigenvalue weighted by Gasteiger charge is -2.22. The summed E-state index contributed by atoms with van der Waals surface area (Å²) in [6.45, 7) is 2.43. The average molecular weight is 355 g/mol. The number of hydrogen-bond donors (Lipinski definition) is 2. The molecule has 0 amide bonds. The molecule has 1 aliphatic rings. The quantitative estimate of drug-likeness (QED) is 0.872. The van der Waals surface area contributed by atoms with Crippen LogP contribution in [-0.4, -0.2) is 23.1 Å². The molecular formula is C11H21Br2N3. The maximum Gasteiger partial charge on any atom is 0.0921 e. The maximum absolute atomic E-state index is 4.02. The second-order valence-corrected chi connectivity index (χ2v) is 4.16. The van der Waals surface area contributed by atoms with Crippen LogP contribution in [0, 0.1) is 5.92 Å². The van der Waals surface area contributed by atoms with Gasteiger partial charge in [0.2, 0.25) is 0 Å². The Kier molecular flexibility index (Phi) is 9.26. The first kappa shape index (κ1) is 16.1. The highest BCUT2D eigenvalue weighted by Crippen LogP contribution is 2.18. The predicted octanol–water partition coefficient (Wildman–Crippen LogP) is 2.89. The van der Waals surface area contributed by atoms with Gasteiger partial charge in [-0.3, -0.25) is 0 Å². The van der Waals surface area contributed by atoms with E-state index >= 15 is 0 Å². The van der Waals surface area contributed by atoms with E-state index in [9.17, 15) is 0 Å². The molecule has 1 fully saturated rings. The Hall–Kier alpha value is 0.130. The predicted molar refractivity (Wildman–Crippen MR) is 77.8 cm³/mol. The number of rotatable bonds is 4. The van der Waals surface area contributed by atoms with Gasteiger partial charge in [0.25, 0.3) is 0 Å². The fraction of sp³-hybridized carbons (Fsp3) is 0.727.